The number of hydrogen-bond acceptors (Lipinski definition) is 4. The minimum atomic E-state index is -3.67. The molecule has 0 radical (unpaired) electrons. The zero-order valence-corrected chi connectivity index (χ0v) is 13.7. The molecule has 1 aliphatic rings. The van der Waals surface area contributed by atoms with Crippen LogP contribution in [-0.2, 0) is 22.8 Å². The van der Waals surface area contributed by atoms with Crippen molar-refractivity contribution in [2.75, 3.05) is 6.54 Å². The molecule has 6 heteroatoms. The van der Waals surface area contributed by atoms with Crippen LogP contribution in [0.5, 0.6) is 0 Å². The summed E-state index contributed by atoms with van der Waals surface area (Å²) in [4.78, 5) is 0.302. The van der Waals surface area contributed by atoms with Crippen molar-refractivity contribution in [3.63, 3.8) is 0 Å². The molecule has 0 fully saturated rings. The van der Waals surface area contributed by atoms with E-state index in [-0.39, 0.29) is 14.8 Å². The third kappa shape index (κ3) is 2.36. The van der Waals surface area contributed by atoms with E-state index in [2.05, 4.69) is 5.32 Å². The number of halogens is 1. The van der Waals surface area contributed by atoms with Crippen LogP contribution in [0.3, 0.4) is 0 Å². The fraction of sp³-hybridized carbons (Fsp3) is 0.176. The molecule has 0 amide bonds. The average molecular weight is 348 g/mol. The van der Waals surface area contributed by atoms with Crippen molar-refractivity contribution in [1.82, 2.24) is 5.32 Å². The molecule has 2 aromatic carbocycles. The lowest BCUT2D eigenvalue weighted by molar-refractivity contribution is 0.487. The van der Waals surface area contributed by atoms with E-state index in [4.69, 9.17) is 16.0 Å². The Morgan fingerprint density at radius 3 is 2.78 bits per heavy atom. The smallest absolute Gasteiger partial charge is 0.208 e. The fourth-order valence-corrected chi connectivity index (χ4v) is 4.76. The Hall–Kier alpha value is -1.82. The highest BCUT2D eigenvalue weighted by Gasteiger charge is 2.23. The molecule has 118 valence electrons. The van der Waals surface area contributed by atoms with E-state index in [9.17, 15) is 8.42 Å². The molecule has 3 aromatic rings. The van der Waals surface area contributed by atoms with E-state index in [0.717, 1.165) is 24.1 Å². The number of sulfone groups is 1. The van der Waals surface area contributed by atoms with Gasteiger partial charge in [0.05, 0.1) is 21.4 Å². The minimum absolute atomic E-state index is 0.110. The molecule has 0 atom stereocenters. The highest BCUT2D eigenvalue weighted by Crippen LogP contribution is 2.33. The van der Waals surface area contributed by atoms with Gasteiger partial charge in [0.25, 0.3) is 0 Å². The van der Waals surface area contributed by atoms with Gasteiger partial charge in [0, 0.05) is 17.0 Å². The first-order valence-corrected chi connectivity index (χ1v) is 9.18. The lowest BCUT2D eigenvalue weighted by Gasteiger charge is -2.10. The third-order valence-corrected chi connectivity index (χ3v) is 6.37. The average Bonchev–Trinajstić information content (AvgIpc) is 2.92. The second-order valence-electron chi connectivity index (χ2n) is 5.52. The standard InChI is InChI=1S/C17H14ClNO3S/c18-14-3-1-2-4-17(14)23(20,21)11-5-6-12-13-7-8-19-10-16(13)22-15(12)9-11/h1-6,9,19H,7-8,10H2. The summed E-state index contributed by atoms with van der Waals surface area (Å²) in [7, 11) is -3.67. The van der Waals surface area contributed by atoms with E-state index in [0.29, 0.717) is 12.1 Å². The molecular formula is C17H14ClNO3S. The van der Waals surface area contributed by atoms with Gasteiger partial charge < -0.3 is 9.73 Å². The van der Waals surface area contributed by atoms with Crippen molar-refractivity contribution < 1.29 is 12.8 Å². The van der Waals surface area contributed by atoms with Crippen LogP contribution >= 0.6 is 11.6 Å². The lowest BCUT2D eigenvalue weighted by atomic mass is 10.1. The number of hydrogen-bond donors (Lipinski definition) is 1. The normalized spacial score (nSPS) is 14.8. The fourth-order valence-electron chi connectivity index (χ4n) is 2.97. The molecule has 1 aromatic heterocycles. The largest absolute Gasteiger partial charge is 0.459 e. The molecular weight excluding hydrogens is 334 g/mol. The van der Waals surface area contributed by atoms with E-state index in [1.807, 2.05) is 6.07 Å². The molecule has 23 heavy (non-hydrogen) atoms. The summed E-state index contributed by atoms with van der Waals surface area (Å²) in [6, 6.07) is 11.5. The quantitative estimate of drug-likeness (QED) is 0.770. The SMILES string of the molecule is O=S(=O)(c1ccc2c3c(oc2c1)CNCC3)c1ccccc1Cl. The first-order chi connectivity index (χ1) is 11.1. The van der Waals surface area contributed by atoms with Gasteiger partial charge in [0.1, 0.15) is 11.3 Å². The molecule has 0 unspecified atom stereocenters. The Balaban J connectivity index is 1.88. The Bertz CT molecular complexity index is 1010. The van der Waals surface area contributed by atoms with E-state index >= 15 is 0 Å². The van der Waals surface area contributed by atoms with Crippen molar-refractivity contribution >= 4 is 32.4 Å². The molecule has 4 nitrogen and oxygen atoms in total. The highest BCUT2D eigenvalue weighted by atomic mass is 35.5. The van der Waals surface area contributed by atoms with Crippen LogP contribution in [0.2, 0.25) is 5.02 Å². The predicted molar refractivity (Wildman–Crippen MR) is 88.5 cm³/mol. The zero-order valence-electron chi connectivity index (χ0n) is 12.2. The summed E-state index contributed by atoms with van der Waals surface area (Å²) in [5.41, 5.74) is 1.77. The molecule has 0 saturated carbocycles. The number of furan rings is 1. The minimum Gasteiger partial charge on any atom is -0.459 e. The van der Waals surface area contributed by atoms with Crippen LogP contribution in [0, 0.1) is 0 Å². The molecule has 1 N–H and O–H groups in total. The van der Waals surface area contributed by atoms with Crippen molar-refractivity contribution in [2.24, 2.45) is 0 Å². The van der Waals surface area contributed by atoms with Crippen molar-refractivity contribution in [2.45, 2.75) is 22.8 Å². The maximum atomic E-state index is 12.8. The maximum Gasteiger partial charge on any atom is 0.208 e. The Kier molecular flexibility index (Phi) is 3.44. The van der Waals surface area contributed by atoms with Crippen LogP contribution in [0.25, 0.3) is 11.0 Å². The molecule has 2 heterocycles. The topological polar surface area (TPSA) is 59.3 Å². The van der Waals surface area contributed by atoms with Gasteiger partial charge in [0.2, 0.25) is 9.84 Å². The summed E-state index contributed by atoms with van der Waals surface area (Å²) in [5.74, 6) is 0.888. The van der Waals surface area contributed by atoms with Gasteiger partial charge >= 0.3 is 0 Å². The summed E-state index contributed by atoms with van der Waals surface area (Å²) in [5, 5.41) is 4.45. The van der Waals surface area contributed by atoms with Gasteiger partial charge in [0.15, 0.2) is 0 Å². The van der Waals surface area contributed by atoms with Crippen LogP contribution in [0.1, 0.15) is 11.3 Å². The Labute approximate surface area is 139 Å². The van der Waals surface area contributed by atoms with E-state index in [1.165, 1.54) is 11.6 Å². The van der Waals surface area contributed by atoms with E-state index < -0.39 is 9.84 Å². The van der Waals surface area contributed by atoms with Crippen LogP contribution in [0.4, 0.5) is 0 Å². The maximum absolute atomic E-state index is 12.8. The van der Waals surface area contributed by atoms with E-state index in [1.54, 1.807) is 30.3 Å². The zero-order chi connectivity index (χ0) is 16.0. The van der Waals surface area contributed by atoms with Crippen LogP contribution in [0.15, 0.2) is 56.7 Å². The first-order valence-electron chi connectivity index (χ1n) is 7.32. The number of rotatable bonds is 2. The van der Waals surface area contributed by atoms with Crippen molar-refractivity contribution in [3.8, 4) is 0 Å². The number of nitrogens with one attached hydrogen (secondary N) is 1. The summed E-state index contributed by atoms with van der Waals surface area (Å²) >= 11 is 6.05. The summed E-state index contributed by atoms with van der Waals surface area (Å²) < 4.78 is 31.4. The molecule has 1 aliphatic heterocycles. The predicted octanol–water partition coefficient (Wildman–Crippen LogP) is 3.56. The van der Waals surface area contributed by atoms with Crippen LogP contribution < -0.4 is 5.32 Å². The Morgan fingerprint density at radius 1 is 1.13 bits per heavy atom. The number of fused-ring (bicyclic) bond motifs is 3. The van der Waals surface area contributed by atoms with Gasteiger partial charge in [-0.25, -0.2) is 8.42 Å². The summed E-state index contributed by atoms with van der Waals surface area (Å²) in [6.45, 7) is 1.58. The molecule has 0 saturated heterocycles. The van der Waals surface area contributed by atoms with Gasteiger partial charge in [-0.05, 0) is 37.2 Å². The van der Waals surface area contributed by atoms with Gasteiger partial charge in [-0.15, -0.1) is 0 Å². The summed E-state index contributed by atoms with van der Waals surface area (Å²) in [6.07, 6.45) is 0.888. The van der Waals surface area contributed by atoms with Crippen molar-refractivity contribution in [1.29, 1.82) is 0 Å². The third-order valence-electron chi connectivity index (χ3n) is 4.12. The van der Waals surface area contributed by atoms with Gasteiger partial charge in [-0.1, -0.05) is 23.7 Å². The molecule has 0 bridgehead atoms. The molecule has 0 spiro atoms. The van der Waals surface area contributed by atoms with Crippen molar-refractivity contribution in [3.05, 3.63) is 58.8 Å². The number of benzene rings is 2. The van der Waals surface area contributed by atoms with Crippen LogP contribution in [-0.4, -0.2) is 15.0 Å². The second-order valence-corrected chi connectivity index (χ2v) is 7.85. The highest BCUT2D eigenvalue weighted by molar-refractivity contribution is 7.91. The van der Waals surface area contributed by atoms with Gasteiger partial charge in [-0.3, -0.25) is 0 Å². The Morgan fingerprint density at radius 2 is 1.96 bits per heavy atom. The second kappa shape index (κ2) is 5.37. The van der Waals surface area contributed by atoms with Gasteiger partial charge in [-0.2, -0.15) is 0 Å². The molecule has 0 aliphatic carbocycles. The lowest BCUT2D eigenvalue weighted by Crippen LogP contribution is -2.22. The molecule has 4 rings (SSSR count). The monoisotopic (exact) mass is 347 g/mol. The first kappa shape index (κ1) is 14.8.